The Kier molecular flexibility index (Phi) is 6.51. The molecule has 0 saturated carbocycles. The van der Waals surface area contributed by atoms with Gasteiger partial charge in [-0.15, -0.1) is 0 Å². The van der Waals surface area contributed by atoms with Crippen LogP contribution in [0.4, 0.5) is 5.95 Å². The van der Waals surface area contributed by atoms with Crippen LogP contribution in [0.1, 0.15) is 31.9 Å². The second-order valence-electron chi connectivity index (χ2n) is 6.00. The number of imidazole rings is 1. The Balaban J connectivity index is 1.79. The van der Waals surface area contributed by atoms with Crippen molar-refractivity contribution in [2.45, 2.75) is 39.7 Å². The molecule has 2 rings (SSSR count). The fourth-order valence-corrected chi connectivity index (χ4v) is 2.98. The molecule has 0 amide bonds. The molecule has 120 valence electrons. The molecule has 21 heavy (non-hydrogen) atoms. The summed E-state index contributed by atoms with van der Waals surface area (Å²) in [7, 11) is 1.75. The van der Waals surface area contributed by atoms with Gasteiger partial charge >= 0.3 is 0 Å². The molecule has 1 aliphatic rings. The van der Waals surface area contributed by atoms with Crippen molar-refractivity contribution in [3.63, 3.8) is 0 Å². The van der Waals surface area contributed by atoms with Crippen LogP contribution in [-0.2, 0) is 11.3 Å². The molecule has 0 aromatic carbocycles. The molecule has 0 spiro atoms. The van der Waals surface area contributed by atoms with Crippen molar-refractivity contribution in [1.82, 2.24) is 14.5 Å². The summed E-state index contributed by atoms with van der Waals surface area (Å²) < 4.78 is 7.35. The molecule has 0 radical (unpaired) electrons. The van der Waals surface area contributed by atoms with Crippen molar-refractivity contribution in [3.8, 4) is 0 Å². The van der Waals surface area contributed by atoms with Gasteiger partial charge in [-0.3, -0.25) is 0 Å². The summed E-state index contributed by atoms with van der Waals surface area (Å²) in [5.41, 5.74) is 1.08. The highest BCUT2D eigenvalue weighted by Crippen LogP contribution is 2.18. The van der Waals surface area contributed by atoms with E-state index in [1.165, 1.54) is 32.5 Å². The van der Waals surface area contributed by atoms with Crippen molar-refractivity contribution >= 4 is 5.95 Å². The molecule has 1 N–H and O–H groups in total. The number of likely N-dealkylation sites (tertiary alicyclic amines) is 1. The second kappa shape index (κ2) is 8.39. The van der Waals surface area contributed by atoms with Crippen molar-refractivity contribution in [2.75, 3.05) is 45.2 Å². The Morgan fingerprint density at radius 1 is 1.38 bits per heavy atom. The monoisotopic (exact) mass is 294 g/mol. The van der Waals surface area contributed by atoms with Crippen LogP contribution < -0.4 is 5.32 Å². The lowest BCUT2D eigenvalue weighted by molar-refractivity contribution is 0.190. The third-order valence-electron chi connectivity index (χ3n) is 4.35. The molecule has 0 aliphatic carbocycles. The average molecular weight is 294 g/mol. The SMILES string of the molecule is CCN1CCC(CNc2nc(C)cn2CCCOC)CC1. The molecule has 0 bridgehead atoms. The molecule has 5 nitrogen and oxygen atoms in total. The lowest BCUT2D eigenvalue weighted by atomic mass is 9.97. The van der Waals surface area contributed by atoms with Gasteiger partial charge in [0.05, 0.1) is 5.69 Å². The third kappa shape index (κ3) is 5.00. The van der Waals surface area contributed by atoms with Gasteiger partial charge in [-0.2, -0.15) is 0 Å². The van der Waals surface area contributed by atoms with Crippen LogP contribution in [0.5, 0.6) is 0 Å². The fourth-order valence-electron chi connectivity index (χ4n) is 2.98. The number of aromatic nitrogens is 2. The van der Waals surface area contributed by atoms with E-state index in [0.29, 0.717) is 0 Å². The van der Waals surface area contributed by atoms with Gasteiger partial charge in [0.1, 0.15) is 0 Å². The Morgan fingerprint density at radius 2 is 2.14 bits per heavy atom. The Hall–Kier alpha value is -1.07. The molecule has 1 aromatic heterocycles. The first kappa shape index (κ1) is 16.3. The minimum atomic E-state index is 0.775. The van der Waals surface area contributed by atoms with E-state index < -0.39 is 0 Å². The van der Waals surface area contributed by atoms with Crippen LogP contribution in [0.2, 0.25) is 0 Å². The Morgan fingerprint density at radius 3 is 2.81 bits per heavy atom. The van der Waals surface area contributed by atoms with Gasteiger partial charge < -0.3 is 19.5 Å². The van der Waals surface area contributed by atoms with Crippen molar-refractivity contribution in [1.29, 1.82) is 0 Å². The molecule has 1 saturated heterocycles. The van der Waals surface area contributed by atoms with E-state index in [1.807, 2.05) is 0 Å². The van der Waals surface area contributed by atoms with E-state index in [0.717, 1.165) is 43.7 Å². The zero-order chi connectivity index (χ0) is 15.1. The quantitative estimate of drug-likeness (QED) is 0.748. The van der Waals surface area contributed by atoms with Gasteiger partial charge in [-0.25, -0.2) is 4.98 Å². The maximum atomic E-state index is 5.13. The lowest BCUT2D eigenvalue weighted by Gasteiger charge is -2.31. The van der Waals surface area contributed by atoms with Crippen LogP contribution >= 0.6 is 0 Å². The van der Waals surface area contributed by atoms with Crippen LogP contribution in [0.25, 0.3) is 0 Å². The first-order valence-electron chi connectivity index (χ1n) is 8.21. The largest absolute Gasteiger partial charge is 0.385 e. The molecular formula is C16H30N4O. The molecule has 1 aliphatic heterocycles. The number of rotatable bonds is 8. The Bertz CT molecular complexity index is 410. The van der Waals surface area contributed by atoms with Crippen LogP contribution in [0, 0.1) is 12.8 Å². The number of anilines is 1. The number of ether oxygens (including phenoxy) is 1. The standard InChI is InChI=1S/C16H30N4O/c1-4-19-9-6-15(7-10-19)12-17-16-18-14(2)13-20(16)8-5-11-21-3/h13,15H,4-12H2,1-3H3,(H,17,18). The van der Waals surface area contributed by atoms with Crippen molar-refractivity contribution < 1.29 is 4.74 Å². The number of hydrogen-bond acceptors (Lipinski definition) is 4. The minimum Gasteiger partial charge on any atom is -0.385 e. The number of methoxy groups -OCH3 is 1. The Labute approximate surface area is 128 Å². The maximum Gasteiger partial charge on any atom is 0.203 e. The minimum absolute atomic E-state index is 0.775. The molecular weight excluding hydrogens is 264 g/mol. The first-order valence-corrected chi connectivity index (χ1v) is 8.21. The highest BCUT2D eigenvalue weighted by molar-refractivity contribution is 5.28. The van der Waals surface area contributed by atoms with Crippen LogP contribution in [0.3, 0.4) is 0 Å². The average Bonchev–Trinajstić information content (AvgIpc) is 2.86. The highest BCUT2D eigenvalue weighted by atomic mass is 16.5. The smallest absolute Gasteiger partial charge is 0.203 e. The third-order valence-corrected chi connectivity index (χ3v) is 4.35. The van der Waals surface area contributed by atoms with E-state index >= 15 is 0 Å². The van der Waals surface area contributed by atoms with E-state index in [9.17, 15) is 0 Å². The molecule has 5 heteroatoms. The normalized spacial score (nSPS) is 17.3. The number of aryl methyl sites for hydroxylation is 2. The summed E-state index contributed by atoms with van der Waals surface area (Å²) in [6.07, 6.45) is 5.74. The molecule has 1 aromatic rings. The molecule has 0 atom stereocenters. The van der Waals surface area contributed by atoms with Gasteiger partial charge in [0.25, 0.3) is 0 Å². The summed E-state index contributed by atoms with van der Waals surface area (Å²) in [6, 6.07) is 0. The van der Waals surface area contributed by atoms with Crippen molar-refractivity contribution in [2.24, 2.45) is 5.92 Å². The van der Waals surface area contributed by atoms with Crippen LogP contribution in [-0.4, -0.2) is 54.3 Å². The van der Waals surface area contributed by atoms with Crippen LogP contribution in [0.15, 0.2) is 6.20 Å². The summed E-state index contributed by atoms with van der Waals surface area (Å²) in [4.78, 5) is 7.14. The number of piperidine rings is 1. The van der Waals surface area contributed by atoms with E-state index in [2.05, 4.69) is 39.8 Å². The van der Waals surface area contributed by atoms with Gasteiger partial charge in [-0.05, 0) is 51.7 Å². The highest BCUT2D eigenvalue weighted by Gasteiger charge is 2.18. The maximum absolute atomic E-state index is 5.13. The van der Waals surface area contributed by atoms with E-state index in [4.69, 9.17) is 4.74 Å². The zero-order valence-electron chi connectivity index (χ0n) is 13.8. The number of nitrogens with one attached hydrogen (secondary N) is 1. The van der Waals surface area contributed by atoms with Crippen molar-refractivity contribution in [3.05, 3.63) is 11.9 Å². The summed E-state index contributed by atoms with van der Waals surface area (Å²) in [5, 5.41) is 3.56. The number of hydrogen-bond donors (Lipinski definition) is 1. The van der Waals surface area contributed by atoms with Gasteiger partial charge in [-0.1, -0.05) is 6.92 Å². The zero-order valence-corrected chi connectivity index (χ0v) is 13.8. The fraction of sp³-hybridized carbons (Fsp3) is 0.812. The second-order valence-corrected chi connectivity index (χ2v) is 6.00. The van der Waals surface area contributed by atoms with E-state index in [1.54, 1.807) is 7.11 Å². The van der Waals surface area contributed by atoms with E-state index in [-0.39, 0.29) is 0 Å². The predicted octanol–water partition coefficient (Wildman–Crippen LogP) is 2.37. The molecule has 2 heterocycles. The van der Waals surface area contributed by atoms with Gasteiger partial charge in [0, 0.05) is 33.0 Å². The summed E-state index contributed by atoms with van der Waals surface area (Å²) in [5.74, 6) is 1.79. The lowest BCUT2D eigenvalue weighted by Crippen LogP contribution is -2.35. The molecule has 1 fully saturated rings. The summed E-state index contributed by atoms with van der Waals surface area (Å²) >= 11 is 0. The van der Waals surface area contributed by atoms with Gasteiger partial charge in [0.15, 0.2) is 0 Å². The molecule has 0 unspecified atom stereocenters. The van der Waals surface area contributed by atoms with Gasteiger partial charge in [0.2, 0.25) is 5.95 Å². The first-order chi connectivity index (χ1) is 10.2. The number of nitrogens with zero attached hydrogens (tertiary/aromatic N) is 3. The topological polar surface area (TPSA) is 42.3 Å². The summed E-state index contributed by atoms with van der Waals surface area (Å²) in [6.45, 7) is 10.8. The predicted molar refractivity (Wildman–Crippen MR) is 86.8 cm³/mol.